The van der Waals surface area contributed by atoms with Gasteiger partial charge in [0.2, 0.25) is 5.91 Å². The Labute approximate surface area is 98.8 Å². The number of likely N-dealkylation sites (tertiary alicyclic amines) is 2. The zero-order valence-electron chi connectivity index (χ0n) is 10.7. The van der Waals surface area contributed by atoms with Gasteiger partial charge in [-0.25, -0.2) is 0 Å². The first kappa shape index (κ1) is 11.9. The molecule has 0 unspecified atom stereocenters. The maximum atomic E-state index is 11.3. The van der Waals surface area contributed by atoms with E-state index in [4.69, 9.17) is 0 Å². The van der Waals surface area contributed by atoms with Crippen molar-refractivity contribution in [2.45, 2.75) is 39.5 Å². The second-order valence-corrected chi connectivity index (χ2v) is 5.44. The molecule has 2 aliphatic rings. The zero-order chi connectivity index (χ0) is 11.6. The Morgan fingerprint density at radius 1 is 1.06 bits per heavy atom. The third-order valence-corrected chi connectivity index (χ3v) is 4.63. The highest BCUT2D eigenvalue weighted by molar-refractivity contribution is 5.73. The summed E-state index contributed by atoms with van der Waals surface area (Å²) in [6.45, 7) is 9.62. The average molecular weight is 224 g/mol. The van der Waals surface area contributed by atoms with Crippen LogP contribution in [-0.4, -0.2) is 48.4 Å². The summed E-state index contributed by atoms with van der Waals surface area (Å²) in [4.78, 5) is 15.8. The number of piperidine rings is 2. The first-order valence-electron chi connectivity index (χ1n) is 6.63. The Morgan fingerprint density at radius 3 is 2.00 bits per heavy atom. The molecule has 0 atom stereocenters. The molecule has 0 bridgehead atoms. The van der Waals surface area contributed by atoms with Crippen LogP contribution in [0.1, 0.15) is 39.5 Å². The van der Waals surface area contributed by atoms with E-state index in [9.17, 15) is 4.79 Å². The molecule has 3 heteroatoms. The molecule has 2 rings (SSSR count). The standard InChI is InChI=1S/C13H24N2O/c1-3-14-8-4-13(5-9-14)6-10-15(11-7-13)12(2)16/h3-11H2,1-2H3. The van der Waals surface area contributed by atoms with Gasteiger partial charge in [-0.1, -0.05) is 6.92 Å². The van der Waals surface area contributed by atoms with Gasteiger partial charge in [-0.2, -0.15) is 0 Å². The Kier molecular flexibility index (Phi) is 3.53. The highest BCUT2D eigenvalue weighted by atomic mass is 16.2. The Bertz CT molecular complexity index is 247. The molecule has 0 aromatic heterocycles. The maximum absolute atomic E-state index is 11.3. The van der Waals surface area contributed by atoms with Crippen molar-refractivity contribution in [3.8, 4) is 0 Å². The number of rotatable bonds is 1. The second kappa shape index (κ2) is 4.74. The molecule has 16 heavy (non-hydrogen) atoms. The van der Waals surface area contributed by atoms with Gasteiger partial charge in [-0.05, 0) is 50.7 Å². The molecule has 0 radical (unpaired) electrons. The van der Waals surface area contributed by atoms with Crippen molar-refractivity contribution in [2.24, 2.45) is 5.41 Å². The summed E-state index contributed by atoms with van der Waals surface area (Å²) in [5.74, 6) is 0.251. The molecule has 2 heterocycles. The van der Waals surface area contributed by atoms with Crippen LogP contribution in [0.3, 0.4) is 0 Å². The topological polar surface area (TPSA) is 23.6 Å². The fourth-order valence-corrected chi connectivity index (χ4v) is 3.14. The van der Waals surface area contributed by atoms with Crippen molar-refractivity contribution < 1.29 is 4.79 Å². The summed E-state index contributed by atoms with van der Waals surface area (Å²) >= 11 is 0. The van der Waals surface area contributed by atoms with E-state index in [2.05, 4.69) is 11.8 Å². The smallest absolute Gasteiger partial charge is 0.219 e. The van der Waals surface area contributed by atoms with Crippen molar-refractivity contribution >= 4 is 5.91 Å². The van der Waals surface area contributed by atoms with E-state index in [0.29, 0.717) is 5.41 Å². The molecular weight excluding hydrogens is 200 g/mol. The van der Waals surface area contributed by atoms with Gasteiger partial charge in [-0.3, -0.25) is 4.79 Å². The quantitative estimate of drug-likeness (QED) is 0.677. The van der Waals surface area contributed by atoms with Crippen molar-refractivity contribution in [1.82, 2.24) is 9.80 Å². The van der Waals surface area contributed by atoms with Gasteiger partial charge in [0.15, 0.2) is 0 Å². The molecule has 0 saturated carbocycles. The summed E-state index contributed by atoms with van der Waals surface area (Å²) in [5.41, 5.74) is 0.567. The minimum atomic E-state index is 0.251. The maximum Gasteiger partial charge on any atom is 0.219 e. The monoisotopic (exact) mass is 224 g/mol. The second-order valence-electron chi connectivity index (χ2n) is 5.44. The Hall–Kier alpha value is -0.570. The van der Waals surface area contributed by atoms with Crippen molar-refractivity contribution in [1.29, 1.82) is 0 Å². The van der Waals surface area contributed by atoms with E-state index in [1.807, 2.05) is 4.90 Å². The minimum Gasteiger partial charge on any atom is -0.343 e. The van der Waals surface area contributed by atoms with E-state index in [-0.39, 0.29) is 5.91 Å². The highest BCUT2D eigenvalue weighted by Gasteiger charge is 2.37. The summed E-state index contributed by atoms with van der Waals surface area (Å²) < 4.78 is 0. The predicted molar refractivity (Wildman–Crippen MR) is 65.3 cm³/mol. The van der Waals surface area contributed by atoms with E-state index >= 15 is 0 Å². The van der Waals surface area contributed by atoms with Crippen molar-refractivity contribution in [3.63, 3.8) is 0 Å². The van der Waals surface area contributed by atoms with Gasteiger partial charge in [0.25, 0.3) is 0 Å². The Morgan fingerprint density at radius 2 is 1.56 bits per heavy atom. The molecule has 0 aliphatic carbocycles. The minimum absolute atomic E-state index is 0.251. The van der Waals surface area contributed by atoms with E-state index in [0.717, 1.165) is 13.1 Å². The van der Waals surface area contributed by atoms with E-state index in [1.165, 1.54) is 45.3 Å². The number of carbonyl (C=O) groups excluding carboxylic acids is 1. The number of hydrogen-bond donors (Lipinski definition) is 0. The molecule has 0 N–H and O–H groups in total. The zero-order valence-corrected chi connectivity index (χ0v) is 10.7. The van der Waals surface area contributed by atoms with Crippen LogP contribution in [0.25, 0.3) is 0 Å². The largest absolute Gasteiger partial charge is 0.343 e. The first-order chi connectivity index (χ1) is 7.65. The molecule has 0 aromatic carbocycles. The summed E-state index contributed by atoms with van der Waals surface area (Å²) in [6.07, 6.45) is 5.13. The molecule has 3 nitrogen and oxygen atoms in total. The number of amides is 1. The van der Waals surface area contributed by atoms with E-state index < -0.39 is 0 Å². The van der Waals surface area contributed by atoms with Gasteiger partial charge in [0, 0.05) is 20.0 Å². The van der Waals surface area contributed by atoms with Gasteiger partial charge >= 0.3 is 0 Å². The van der Waals surface area contributed by atoms with Crippen LogP contribution in [0.2, 0.25) is 0 Å². The molecule has 0 aromatic rings. The molecule has 2 aliphatic heterocycles. The molecule has 92 valence electrons. The predicted octanol–water partition coefficient (Wildman–Crippen LogP) is 1.73. The van der Waals surface area contributed by atoms with Gasteiger partial charge < -0.3 is 9.80 Å². The molecule has 1 amide bonds. The van der Waals surface area contributed by atoms with Gasteiger partial charge in [0.05, 0.1) is 0 Å². The van der Waals surface area contributed by atoms with E-state index in [1.54, 1.807) is 6.92 Å². The normalized spacial score (nSPS) is 26.0. The Balaban J connectivity index is 1.86. The number of hydrogen-bond acceptors (Lipinski definition) is 2. The molecule has 2 fully saturated rings. The third-order valence-electron chi connectivity index (χ3n) is 4.63. The average Bonchev–Trinajstić information content (AvgIpc) is 2.31. The lowest BCUT2D eigenvalue weighted by Gasteiger charge is -2.46. The fourth-order valence-electron chi connectivity index (χ4n) is 3.14. The fraction of sp³-hybridized carbons (Fsp3) is 0.923. The third kappa shape index (κ3) is 2.40. The summed E-state index contributed by atoms with van der Waals surface area (Å²) in [7, 11) is 0. The lowest BCUT2D eigenvalue weighted by molar-refractivity contribution is -0.131. The van der Waals surface area contributed by atoms with Crippen LogP contribution in [0.5, 0.6) is 0 Å². The van der Waals surface area contributed by atoms with Gasteiger partial charge in [-0.15, -0.1) is 0 Å². The lowest BCUT2D eigenvalue weighted by atomic mass is 9.71. The van der Waals surface area contributed by atoms with Crippen LogP contribution < -0.4 is 0 Å². The van der Waals surface area contributed by atoms with Crippen LogP contribution in [0.15, 0.2) is 0 Å². The van der Waals surface area contributed by atoms with Crippen molar-refractivity contribution in [2.75, 3.05) is 32.7 Å². The highest BCUT2D eigenvalue weighted by Crippen LogP contribution is 2.41. The number of carbonyl (C=O) groups is 1. The number of nitrogens with zero attached hydrogens (tertiary/aromatic N) is 2. The molecule has 1 spiro atoms. The molecule has 2 saturated heterocycles. The summed E-state index contributed by atoms with van der Waals surface area (Å²) in [5, 5.41) is 0. The van der Waals surface area contributed by atoms with Crippen LogP contribution >= 0.6 is 0 Å². The van der Waals surface area contributed by atoms with Gasteiger partial charge in [0.1, 0.15) is 0 Å². The van der Waals surface area contributed by atoms with Crippen molar-refractivity contribution in [3.05, 3.63) is 0 Å². The first-order valence-corrected chi connectivity index (χ1v) is 6.63. The van der Waals surface area contributed by atoms with Crippen LogP contribution in [0, 0.1) is 5.41 Å². The van der Waals surface area contributed by atoms with Crippen LogP contribution in [0.4, 0.5) is 0 Å². The van der Waals surface area contributed by atoms with Crippen LogP contribution in [-0.2, 0) is 4.79 Å². The summed E-state index contributed by atoms with van der Waals surface area (Å²) in [6, 6.07) is 0. The molecular formula is C13H24N2O. The SMILES string of the molecule is CCN1CCC2(CC1)CCN(C(C)=O)CC2. The lowest BCUT2D eigenvalue weighted by Crippen LogP contribution is -2.47.